The number of hydrogen-bond donors (Lipinski definition) is 1. The monoisotopic (exact) mass is 433 g/mol. The SMILES string of the molecule is CCCc1ccc(C#N)c(SC(CC)C(=O)Nc2cc(Cl)c(OC)cc2OC)n1. The maximum absolute atomic E-state index is 12.9. The minimum absolute atomic E-state index is 0.219. The molecule has 1 atom stereocenters. The number of carbonyl (C=O) groups is 1. The summed E-state index contributed by atoms with van der Waals surface area (Å²) in [7, 11) is 3.02. The number of rotatable bonds is 9. The van der Waals surface area contributed by atoms with E-state index >= 15 is 0 Å². The number of ether oxygens (including phenoxy) is 2. The summed E-state index contributed by atoms with van der Waals surface area (Å²) in [4.78, 5) is 17.5. The smallest absolute Gasteiger partial charge is 0.238 e. The Morgan fingerprint density at radius 2 is 2.00 bits per heavy atom. The van der Waals surface area contributed by atoms with Gasteiger partial charge in [-0.3, -0.25) is 4.79 Å². The van der Waals surface area contributed by atoms with Gasteiger partial charge < -0.3 is 14.8 Å². The van der Waals surface area contributed by atoms with Crippen molar-refractivity contribution in [3.63, 3.8) is 0 Å². The molecule has 8 heteroatoms. The van der Waals surface area contributed by atoms with Crippen molar-refractivity contribution in [2.45, 2.75) is 43.4 Å². The highest BCUT2D eigenvalue weighted by Crippen LogP contribution is 2.37. The molecule has 154 valence electrons. The molecule has 1 N–H and O–H groups in total. The number of methoxy groups -OCH3 is 2. The highest BCUT2D eigenvalue weighted by Gasteiger charge is 2.22. The molecule has 2 aromatic rings. The largest absolute Gasteiger partial charge is 0.495 e. The maximum Gasteiger partial charge on any atom is 0.238 e. The van der Waals surface area contributed by atoms with Gasteiger partial charge in [-0.1, -0.05) is 43.6 Å². The molecule has 0 aliphatic heterocycles. The van der Waals surface area contributed by atoms with E-state index in [-0.39, 0.29) is 5.91 Å². The average molecular weight is 434 g/mol. The number of amides is 1. The van der Waals surface area contributed by atoms with Crippen LogP contribution in [0.25, 0.3) is 0 Å². The third-order valence-electron chi connectivity index (χ3n) is 4.19. The number of aryl methyl sites for hydroxylation is 1. The molecule has 0 saturated carbocycles. The fourth-order valence-corrected chi connectivity index (χ4v) is 3.93. The van der Waals surface area contributed by atoms with Crippen molar-refractivity contribution in [3.05, 3.63) is 40.5 Å². The molecule has 1 heterocycles. The summed E-state index contributed by atoms with van der Waals surface area (Å²) >= 11 is 7.48. The van der Waals surface area contributed by atoms with Gasteiger partial charge in [-0.2, -0.15) is 5.26 Å². The van der Waals surface area contributed by atoms with Crippen molar-refractivity contribution in [2.24, 2.45) is 0 Å². The third-order valence-corrected chi connectivity index (χ3v) is 5.86. The minimum atomic E-state index is -0.433. The molecule has 0 radical (unpaired) electrons. The first kappa shape index (κ1) is 22.9. The molecule has 2 rings (SSSR count). The number of thioether (sulfide) groups is 1. The van der Waals surface area contributed by atoms with Crippen LogP contribution in [0.2, 0.25) is 5.02 Å². The van der Waals surface area contributed by atoms with E-state index in [1.165, 1.54) is 26.0 Å². The first-order valence-electron chi connectivity index (χ1n) is 9.26. The van der Waals surface area contributed by atoms with Gasteiger partial charge in [0.1, 0.15) is 22.6 Å². The molecule has 0 aliphatic carbocycles. The maximum atomic E-state index is 12.9. The third kappa shape index (κ3) is 5.78. The van der Waals surface area contributed by atoms with E-state index in [0.29, 0.717) is 39.2 Å². The lowest BCUT2D eigenvalue weighted by atomic mass is 10.2. The number of benzene rings is 1. The molecule has 0 bridgehead atoms. The number of nitriles is 1. The van der Waals surface area contributed by atoms with Crippen molar-refractivity contribution in [3.8, 4) is 17.6 Å². The average Bonchev–Trinajstić information content (AvgIpc) is 2.72. The Kier molecular flexibility index (Phi) is 8.62. The van der Waals surface area contributed by atoms with Gasteiger partial charge in [0.2, 0.25) is 5.91 Å². The van der Waals surface area contributed by atoms with E-state index < -0.39 is 5.25 Å². The molecule has 0 aliphatic rings. The summed E-state index contributed by atoms with van der Waals surface area (Å²) in [6.45, 7) is 3.99. The van der Waals surface area contributed by atoms with Crippen molar-refractivity contribution in [2.75, 3.05) is 19.5 Å². The van der Waals surface area contributed by atoms with E-state index in [0.717, 1.165) is 18.5 Å². The normalized spacial score (nSPS) is 11.4. The van der Waals surface area contributed by atoms with Crippen LogP contribution in [0.3, 0.4) is 0 Å². The van der Waals surface area contributed by atoms with Gasteiger partial charge in [-0.05, 0) is 31.0 Å². The Labute approximate surface area is 180 Å². The van der Waals surface area contributed by atoms with Crippen molar-refractivity contribution >= 4 is 35.0 Å². The Bertz CT molecular complexity index is 915. The number of nitrogens with one attached hydrogen (secondary N) is 1. The van der Waals surface area contributed by atoms with Gasteiger partial charge in [0, 0.05) is 11.8 Å². The van der Waals surface area contributed by atoms with Crippen LogP contribution in [-0.4, -0.2) is 30.4 Å². The van der Waals surface area contributed by atoms with Gasteiger partial charge >= 0.3 is 0 Å². The van der Waals surface area contributed by atoms with E-state index in [9.17, 15) is 10.1 Å². The summed E-state index contributed by atoms with van der Waals surface area (Å²) in [6, 6.07) is 8.99. The van der Waals surface area contributed by atoms with Gasteiger partial charge in [0.05, 0.1) is 35.7 Å². The molecule has 6 nitrogen and oxygen atoms in total. The Morgan fingerprint density at radius 1 is 1.28 bits per heavy atom. The topological polar surface area (TPSA) is 84.2 Å². The van der Waals surface area contributed by atoms with E-state index in [1.807, 2.05) is 13.0 Å². The lowest BCUT2D eigenvalue weighted by Gasteiger charge is -2.17. The van der Waals surface area contributed by atoms with Gasteiger partial charge in [-0.25, -0.2) is 4.98 Å². The standard InChI is InChI=1S/C21H24ClN3O3S/c1-5-7-14-9-8-13(12-23)21(24-14)29-19(6-2)20(26)25-16-10-15(22)17(27-3)11-18(16)28-4/h8-11,19H,5-7H2,1-4H3,(H,25,26). The van der Waals surface area contributed by atoms with E-state index in [4.69, 9.17) is 21.1 Å². The first-order valence-corrected chi connectivity index (χ1v) is 10.5. The Morgan fingerprint density at radius 3 is 2.59 bits per heavy atom. The Balaban J connectivity index is 2.25. The number of carbonyl (C=O) groups excluding carboxylic acids is 1. The summed E-state index contributed by atoms with van der Waals surface area (Å²) in [5, 5.41) is 12.8. The number of nitrogens with zero attached hydrogens (tertiary/aromatic N) is 2. The van der Waals surface area contributed by atoms with Crippen LogP contribution in [0.5, 0.6) is 11.5 Å². The molecule has 1 amide bonds. The molecule has 1 unspecified atom stereocenters. The lowest BCUT2D eigenvalue weighted by molar-refractivity contribution is -0.115. The van der Waals surface area contributed by atoms with Gasteiger partial charge in [0.25, 0.3) is 0 Å². The Hall–Kier alpha value is -2.43. The van der Waals surface area contributed by atoms with Crippen molar-refractivity contribution in [1.82, 2.24) is 4.98 Å². The number of halogens is 1. The second-order valence-corrected chi connectivity index (χ2v) is 7.81. The summed E-state index contributed by atoms with van der Waals surface area (Å²) in [5.74, 6) is 0.683. The fraction of sp³-hybridized carbons (Fsp3) is 0.381. The second kappa shape index (κ2) is 10.9. The molecule has 0 spiro atoms. The van der Waals surface area contributed by atoms with Crippen LogP contribution in [-0.2, 0) is 11.2 Å². The summed E-state index contributed by atoms with van der Waals surface area (Å²) in [6.07, 6.45) is 2.34. The highest BCUT2D eigenvalue weighted by atomic mass is 35.5. The van der Waals surface area contributed by atoms with Crippen molar-refractivity contribution < 1.29 is 14.3 Å². The minimum Gasteiger partial charge on any atom is -0.495 e. The zero-order chi connectivity index (χ0) is 21.4. The lowest BCUT2D eigenvalue weighted by Crippen LogP contribution is -2.25. The predicted molar refractivity (Wildman–Crippen MR) is 116 cm³/mol. The van der Waals surface area contributed by atoms with Crippen LogP contribution >= 0.6 is 23.4 Å². The molecule has 0 saturated heterocycles. The molecular formula is C21H24ClN3O3S. The molecule has 1 aromatic heterocycles. The van der Waals surface area contributed by atoms with E-state index in [2.05, 4.69) is 23.3 Å². The number of aromatic nitrogens is 1. The van der Waals surface area contributed by atoms with E-state index in [1.54, 1.807) is 18.2 Å². The molecule has 1 aromatic carbocycles. The van der Waals surface area contributed by atoms with Gasteiger partial charge in [0.15, 0.2) is 0 Å². The van der Waals surface area contributed by atoms with Gasteiger partial charge in [-0.15, -0.1) is 0 Å². The fourth-order valence-electron chi connectivity index (χ4n) is 2.68. The van der Waals surface area contributed by atoms with Crippen molar-refractivity contribution in [1.29, 1.82) is 5.26 Å². The summed E-state index contributed by atoms with van der Waals surface area (Å²) < 4.78 is 10.5. The van der Waals surface area contributed by atoms with Crippen LogP contribution < -0.4 is 14.8 Å². The van der Waals surface area contributed by atoms with Crippen LogP contribution in [0.1, 0.15) is 37.9 Å². The zero-order valence-electron chi connectivity index (χ0n) is 16.9. The van der Waals surface area contributed by atoms with Crippen LogP contribution in [0.4, 0.5) is 5.69 Å². The first-order chi connectivity index (χ1) is 14.0. The highest BCUT2D eigenvalue weighted by molar-refractivity contribution is 8.00. The van der Waals surface area contributed by atoms with Crippen LogP contribution in [0, 0.1) is 11.3 Å². The quantitative estimate of drug-likeness (QED) is 0.554. The predicted octanol–water partition coefficient (Wildman–Crippen LogP) is 5.09. The summed E-state index contributed by atoms with van der Waals surface area (Å²) in [5.41, 5.74) is 1.83. The number of anilines is 1. The molecule has 0 fully saturated rings. The molecular weight excluding hydrogens is 410 g/mol. The molecule has 29 heavy (non-hydrogen) atoms. The number of pyridine rings is 1. The zero-order valence-corrected chi connectivity index (χ0v) is 18.5. The van der Waals surface area contributed by atoms with Crippen LogP contribution in [0.15, 0.2) is 29.3 Å². The number of hydrogen-bond acceptors (Lipinski definition) is 6. The second-order valence-electron chi connectivity index (χ2n) is 6.21.